The van der Waals surface area contributed by atoms with Crippen LogP contribution >= 0.6 is 0 Å². The van der Waals surface area contributed by atoms with Gasteiger partial charge in [0.05, 0.1) is 5.56 Å². The van der Waals surface area contributed by atoms with Crippen molar-refractivity contribution in [3.63, 3.8) is 0 Å². The van der Waals surface area contributed by atoms with Gasteiger partial charge < -0.3 is 9.30 Å². The SMILES string of the molecule is CC(C)NS(=O)(=O)N1CCN(C(=O)c2ccc3nccn3c2)CC1. The van der Waals surface area contributed by atoms with Crippen molar-refractivity contribution in [2.45, 2.75) is 19.9 Å². The van der Waals surface area contributed by atoms with E-state index in [0.717, 1.165) is 5.65 Å². The molecule has 1 aliphatic rings. The maximum atomic E-state index is 12.6. The molecule has 130 valence electrons. The summed E-state index contributed by atoms with van der Waals surface area (Å²) in [6, 6.07) is 3.38. The van der Waals surface area contributed by atoms with Crippen LogP contribution in [0.2, 0.25) is 0 Å². The minimum Gasteiger partial charge on any atom is -0.336 e. The second-order valence-electron chi connectivity index (χ2n) is 6.08. The summed E-state index contributed by atoms with van der Waals surface area (Å²) >= 11 is 0. The first-order valence-corrected chi connectivity index (χ1v) is 9.30. The quantitative estimate of drug-likeness (QED) is 0.860. The standard InChI is InChI=1S/C15H21N5O3S/c1-12(2)17-24(22,23)20-9-7-18(8-10-20)15(21)13-3-4-14-16-5-6-19(14)11-13/h3-6,11-12,17H,7-10H2,1-2H3. The highest BCUT2D eigenvalue weighted by molar-refractivity contribution is 7.87. The van der Waals surface area contributed by atoms with Crippen molar-refractivity contribution in [1.29, 1.82) is 0 Å². The summed E-state index contributed by atoms with van der Waals surface area (Å²) in [7, 11) is -3.48. The Bertz CT molecular complexity index is 838. The number of hydrogen-bond acceptors (Lipinski definition) is 4. The molecule has 0 atom stereocenters. The second kappa shape index (κ2) is 6.50. The normalized spacial score (nSPS) is 16.9. The molecule has 0 bridgehead atoms. The number of hydrogen-bond donors (Lipinski definition) is 1. The number of amides is 1. The number of aromatic nitrogens is 2. The van der Waals surface area contributed by atoms with E-state index in [1.807, 2.05) is 0 Å². The Labute approximate surface area is 141 Å². The van der Waals surface area contributed by atoms with Crippen LogP contribution in [0.4, 0.5) is 0 Å². The lowest BCUT2D eigenvalue weighted by molar-refractivity contribution is 0.0696. The lowest BCUT2D eigenvalue weighted by atomic mass is 10.2. The molecule has 1 aliphatic heterocycles. The van der Waals surface area contributed by atoms with Crippen LogP contribution in [0.1, 0.15) is 24.2 Å². The fourth-order valence-corrected chi connectivity index (χ4v) is 4.12. The molecule has 1 saturated heterocycles. The molecule has 1 fully saturated rings. The predicted octanol–water partition coefficient (Wildman–Crippen LogP) is 0.335. The number of rotatable bonds is 4. The predicted molar refractivity (Wildman–Crippen MR) is 89.9 cm³/mol. The highest BCUT2D eigenvalue weighted by Gasteiger charge is 2.29. The molecule has 24 heavy (non-hydrogen) atoms. The first-order valence-electron chi connectivity index (χ1n) is 7.86. The summed E-state index contributed by atoms with van der Waals surface area (Å²) in [6.45, 7) is 4.90. The Morgan fingerprint density at radius 3 is 2.58 bits per heavy atom. The molecule has 3 heterocycles. The molecule has 2 aromatic heterocycles. The summed E-state index contributed by atoms with van der Waals surface area (Å²) in [5.41, 5.74) is 1.35. The average Bonchev–Trinajstić information content (AvgIpc) is 3.00. The molecule has 0 aliphatic carbocycles. The van der Waals surface area contributed by atoms with E-state index in [9.17, 15) is 13.2 Å². The van der Waals surface area contributed by atoms with Crippen LogP contribution < -0.4 is 4.72 Å². The number of piperazine rings is 1. The molecule has 1 N–H and O–H groups in total. The molecule has 0 aromatic carbocycles. The van der Waals surface area contributed by atoms with E-state index in [1.165, 1.54) is 4.31 Å². The van der Waals surface area contributed by atoms with Gasteiger partial charge in [-0.2, -0.15) is 17.4 Å². The third kappa shape index (κ3) is 3.42. The van der Waals surface area contributed by atoms with Crippen LogP contribution in [0.3, 0.4) is 0 Å². The molecular weight excluding hydrogens is 330 g/mol. The van der Waals surface area contributed by atoms with E-state index in [2.05, 4.69) is 9.71 Å². The fraction of sp³-hybridized carbons (Fsp3) is 0.467. The van der Waals surface area contributed by atoms with Crippen molar-refractivity contribution in [2.24, 2.45) is 0 Å². The molecule has 0 radical (unpaired) electrons. The maximum absolute atomic E-state index is 12.6. The average molecular weight is 351 g/mol. The number of carbonyl (C=O) groups is 1. The van der Waals surface area contributed by atoms with Crippen LogP contribution in [0, 0.1) is 0 Å². The first kappa shape index (κ1) is 16.9. The number of imidazole rings is 1. The molecule has 0 unspecified atom stereocenters. The van der Waals surface area contributed by atoms with Gasteiger partial charge in [-0.1, -0.05) is 0 Å². The second-order valence-corrected chi connectivity index (χ2v) is 7.78. The molecule has 1 amide bonds. The molecule has 2 aromatic rings. The third-order valence-electron chi connectivity index (χ3n) is 3.89. The van der Waals surface area contributed by atoms with Crippen LogP contribution in [-0.4, -0.2) is 65.1 Å². The van der Waals surface area contributed by atoms with E-state index in [-0.39, 0.29) is 11.9 Å². The monoisotopic (exact) mass is 351 g/mol. The molecule has 0 saturated carbocycles. The zero-order valence-corrected chi connectivity index (χ0v) is 14.5. The highest BCUT2D eigenvalue weighted by atomic mass is 32.2. The smallest absolute Gasteiger partial charge is 0.279 e. The molecule has 9 heteroatoms. The van der Waals surface area contributed by atoms with Gasteiger partial charge in [-0.25, -0.2) is 4.98 Å². The summed E-state index contributed by atoms with van der Waals surface area (Å²) < 4.78 is 30.1. The number of nitrogens with zero attached hydrogens (tertiary/aromatic N) is 4. The van der Waals surface area contributed by atoms with Gasteiger partial charge in [0.25, 0.3) is 16.1 Å². The largest absolute Gasteiger partial charge is 0.336 e. The summed E-state index contributed by atoms with van der Waals surface area (Å²) in [6.07, 6.45) is 5.21. The number of nitrogens with one attached hydrogen (secondary N) is 1. The van der Waals surface area contributed by atoms with E-state index in [4.69, 9.17) is 0 Å². The minimum atomic E-state index is -3.48. The number of carbonyl (C=O) groups excluding carboxylic acids is 1. The van der Waals surface area contributed by atoms with E-state index >= 15 is 0 Å². The lowest BCUT2D eigenvalue weighted by Gasteiger charge is -2.34. The van der Waals surface area contributed by atoms with Gasteiger partial charge in [0.15, 0.2) is 0 Å². The van der Waals surface area contributed by atoms with Crippen LogP contribution in [0.25, 0.3) is 5.65 Å². The molecule has 0 spiro atoms. The zero-order chi connectivity index (χ0) is 17.3. The topological polar surface area (TPSA) is 87.0 Å². The van der Waals surface area contributed by atoms with Crippen LogP contribution in [-0.2, 0) is 10.2 Å². The maximum Gasteiger partial charge on any atom is 0.279 e. The van der Waals surface area contributed by atoms with Crippen molar-refractivity contribution < 1.29 is 13.2 Å². The zero-order valence-electron chi connectivity index (χ0n) is 13.7. The highest BCUT2D eigenvalue weighted by Crippen LogP contribution is 2.12. The third-order valence-corrected chi connectivity index (χ3v) is 5.70. The van der Waals surface area contributed by atoms with Gasteiger partial charge in [0.1, 0.15) is 5.65 Å². The summed E-state index contributed by atoms with van der Waals surface area (Å²) in [5, 5.41) is 0. The Morgan fingerprint density at radius 1 is 1.21 bits per heavy atom. The van der Waals surface area contributed by atoms with Gasteiger partial charge in [-0.05, 0) is 26.0 Å². The number of fused-ring (bicyclic) bond motifs is 1. The number of pyridine rings is 1. The Hall–Kier alpha value is -1.97. The summed E-state index contributed by atoms with van der Waals surface area (Å²) in [5.74, 6) is -0.0977. The first-order chi connectivity index (χ1) is 11.4. The molecule has 8 nitrogen and oxygen atoms in total. The Balaban J connectivity index is 1.66. The van der Waals surface area contributed by atoms with Crippen LogP contribution in [0.15, 0.2) is 30.7 Å². The molecular formula is C15H21N5O3S. The Kier molecular flexibility index (Phi) is 4.57. The van der Waals surface area contributed by atoms with Crippen molar-refractivity contribution >= 4 is 21.8 Å². The van der Waals surface area contributed by atoms with Gasteiger partial charge in [-0.3, -0.25) is 4.79 Å². The minimum absolute atomic E-state index is 0.0977. The van der Waals surface area contributed by atoms with Gasteiger partial charge in [0, 0.05) is 50.8 Å². The van der Waals surface area contributed by atoms with Gasteiger partial charge in [-0.15, -0.1) is 0 Å². The van der Waals surface area contributed by atoms with Crippen molar-refractivity contribution in [1.82, 2.24) is 23.3 Å². The van der Waals surface area contributed by atoms with Crippen LogP contribution in [0.5, 0.6) is 0 Å². The van der Waals surface area contributed by atoms with E-state index < -0.39 is 10.2 Å². The van der Waals surface area contributed by atoms with Crippen molar-refractivity contribution in [3.05, 3.63) is 36.3 Å². The summed E-state index contributed by atoms with van der Waals surface area (Å²) in [4.78, 5) is 18.4. The van der Waals surface area contributed by atoms with Gasteiger partial charge >= 0.3 is 0 Å². The van der Waals surface area contributed by atoms with E-state index in [1.54, 1.807) is 53.9 Å². The van der Waals surface area contributed by atoms with E-state index in [0.29, 0.717) is 31.7 Å². The van der Waals surface area contributed by atoms with Crippen molar-refractivity contribution in [2.75, 3.05) is 26.2 Å². The Morgan fingerprint density at radius 2 is 1.92 bits per heavy atom. The van der Waals surface area contributed by atoms with Gasteiger partial charge in [0.2, 0.25) is 0 Å². The lowest BCUT2D eigenvalue weighted by Crippen LogP contribution is -2.54. The van der Waals surface area contributed by atoms with Crippen molar-refractivity contribution in [3.8, 4) is 0 Å². The molecule has 3 rings (SSSR count). The fourth-order valence-electron chi connectivity index (χ4n) is 2.73.